The molecule has 148 valence electrons. The number of benzene rings is 2. The number of halogens is 1. The number of para-hydroxylation sites is 1. The van der Waals surface area contributed by atoms with Gasteiger partial charge in [-0.25, -0.2) is 9.98 Å². The Bertz CT molecular complexity index is 1080. The molecule has 0 unspecified atom stereocenters. The number of hydrogen-bond donors (Lipinski definition) is 0. The van der Waals surface area contributed by atoms with E-state index in [9.17, 15) is 0 Å². The van der Waals surface area contributed by atoms with E-state index in [1.807, 2.05) is 57.2 Å². The molecule has 1 aromatic heterocycles. The van der Waals surface area contributed by atoms with Gasteiger partial charge in [-0.1, -0.05) is 47.5 Å². The van der Waals surface area contributed by atoms with E-state index in [1.54, 1.807) is 0 Å². The summed E-state index contributed by atoms with van der Waals surface area (Å²) in [6.45, 7) is 12.3. The van der Waals surface area contributed by atoms with E-state index >= 15 is 0 Å². The number of pyridine rings is 1. The van der Waals surface area contributed by atoms with Crippen LogP contribution in [-0.4, -0.2) is 16.4 Å². The van der Waals surface area contributed by atoms with Gasteiger partial charge in [-0.2, -0.15) is 0 Å². The summed E-state index contributed by atoms with van der Waals surface area (Å²) in [5.41, 5.74) is 9.78. The van der Waals surface area contributed by atoms with Crippen molar-refractivity contribution in [1.29, 1.82) is 0 Å². The maximum Gasteiger partial charge on any atom is 0.0849 e. The molecule has 0 fully saturated rings. The van der Waals surface area contributed by atoms with Gasteiger partial charge in [0.25, 0.3) is 0 Å². The van der Waals surface area contributed by atoms with Crippen LogP contribution in [0.5, 0.6) is 0 Å². The number of aromatic nitrogens is 1. The molecule has 0 atom stereocenters. The van der Waals surface area contributed by atoms with Crippen LogP contribution in [0.2, 0.25) is 5.02 Å². The molecule has 0 saturated heterocycles. The highest BCUT2D eigenvalue weighted by molar-refractivity contribution is 6.33. The SMILES string of the molecule is C/C(=N\c1c(C)cc(C)cc1C)c1cccc(/C(C)=N/c2c(C)cccc2Cl)n1. The summed E-state index contributed by atoms with van der Waals surface area (Å²) in [4.78, 5) is 14.4. The number of hydrogen-bond acceptors (Lipinski definition) is 3. The average Bonchev–Trinajstić information content (AvgIpc) is 2.67. The topological polar surface area (TPSA) is 37.6 Å². The van der Waals surface area contributed by atoms with Gasteiger partial charge in [-0.05, 0) is 76.4 Å². The van der Waals surface area contributed by atoms with Gasteiger partial charge in [0, 0.05) is 0 Å². The van der Waals surface area contributed by atoms with E-state index in [4.69, 9.17) is 26.6 Å². The highest BCUT2D eigenvalue weighted by atomic mass is 35.5. The Morgan fingerprint density at radius 1 is 0.724 bits per heavy atom. The second-order valence-electron chi connectivity index (χ2n) is 7.46. The molecule has 2 aromatic carbocycles. The van der Waals surface area contributed by atoms with Crippen LogP contribution in [0.1, 0.15) is 47.5 Å². The van der Waals surface area contributed by atoms with Crippen LogP contribution in [0.15, 0.2) is 58.5 Å². The summed E-state index contributed by atoms with van der Waals surface area (Å²) in [7, 11) is 0. The zero-order chi connectivity index (χ0) is 21.1. The number of rotatable bonds is 4. The minimum absolute atomic E-state index is 0.642. The predicted octanol–water partition coefficient (Wildman–Crippen LogP) is 7.25. The number of nitrogens with zero attached hydrogens (tertiary/aromatic N) is 3. The molecular formula is C25H26ClN3. The molecule has 29 heavy (non-hydrogen) atoms. The van der Waals surface area contributed by atoms with Crippen molar-refractivity contribution in [3.05, 3.63) is 87.2 Å². The fourth-order valence-corrected chi connectivity index (χ4v) is 3.67. The standard InChI is InChI=1S/C25H26ClN3/c1-15-13-17(3)24(18(4)14-15)27-19(5)22-11-8-12-23(29-22)20(6)28-25-16(2)9-7-10-21(25)26/h7-14H,1-6H3/b27-19+,28-20+. The highest BCUT2D eigenvalue weighted by Gasteiger charge is 2.09. The fraction of sp³-hybridized carbons (Fsp3) is 0.240. The molecule has 4 heteroatoms. The van der Waals surface area contributed by atoms with Crippen LogP contribution in [0, 0.1) is 27.7 Å². The van der Waals surface area contributed by atoms with Crippen LogP contribution < -0.4 is 0 Å². The summed E-state index contributed by atoms with van der Waals surface area (Å²) in [5.74, 6) is 0. The lowest BCUT2D eigenvalue weighted by atomic mass is 10.1. The van der Waals surface area contributed by atoms with E-state index in [2.05, 4.69) is 32.9 Å². The molecule has 3 aromatic rings. The Hall–Kier alpha value is -2.78. The maximum atomic E-state index is 6.33. The molecule has 0 aliphatic carbocycles. The zero-order valence-corrected chi connectivity index (χ0v) is 18.6. The molecule has 0 aliphatic rings. The minimum Gasteiger partial charge on any atom is -0.251 e. The average molecular weight is 404 g/mol. The molecule has 0 aliphatic heterocycles. The Kier molecular flexibility index (Phi) is 6.29. The largest absolute Gasteiger partial charge is 0.251 e. The first-order valence-electron chi connectivity index (χ1n) is 9.67. The third kappa shape index (κ3) is 4.80. The lowest BCUT2D eigenvalue weighted by molar-refractivity contribution is 1.23. The van der Waals surface area contributed by atoms with Crippen molar-refractivity contribution in [2.24, 2.45) is 9.98 Å². The van der Waals surface area contributed by atoms with Gasteiger partial charge in [0.2, 0.25) is 0 Å². The van der Waals surface area contributed by atoms with Crippen molar-refractivity contribution in [3.8, 4) is 0 Å². The summed E-state index contributed by atoms with van der Waals surface area (Å²) in [5, 5.41) is 0.642. The Labute approximate surface area is 178 Å². The molecule has 0 amide bonds. The van der Waals surface area contributed by atoms with E-state index < -0.39 is 0 Å². The van der Waals surface area contributed by atoms with Crippen molar-refractivity contribution >= 4 is 34.4 Å². The maximum absolute atomic E-state index is 6.33. The van der Waals surface area contributed by atoms with Gasteiger partial charge in [-0.15, -0.1) is 0 Å². The number of aliphatic imine (C=N–C) groups is 2. The van der Waals surface area contributed by atoms with Crippen LogP contribution in [0.3, 0.4) is 0 Å². The van der Waals surface area contributed by atoms with E-state index in [0.29, 0.717) is 5.02 Å². The molecule has 1 heterocycles. The van der Waals surface area contributed by atoms with Gasteiger partial charge >= 0.3 is 0 Å². The molecule has 3 nitrogen and oxygen atoms in total. The second kappa shape index (κ2) is 8.71. The molecule has 0 spiro atoms. The zero-order valence-electron chi connectivity index (χ0n) is 17.8. The minimum atomic E-state index is 0.642. The number of aryl methyl sites for hydroxylation is 4. The van der Waals surface area contributed by atoms with Crippen LogP contribution >= 0.6 is 11.6 Å². The summed E-state index contributed by atoms with van der Waals surface area (Å²) in [6.07, 6.45) is 0. The molecule has 0 saturated carbocycles. The molecule has 0 radical (unpaired) electrons. The third-order valence-electron chi connectivity index (χ3n) is 4.87. The molecule has 0 N–H and O–H groups in total. The van der Waals surface area contributed by atoms with Gasteiger partial charge in [0.15, 0.2) is 0 Å². The van der Waals surface area contributed by atoms with Crippen molar-refractivity contribution in [2.45, 2.75) is 41.5 Å². The Morgan fingerprint density at radius 2 is 1.24 bits per heavy atom. The van der Waals surface area contributed by atoms with Crippen molar-refractivity contribution < 1.29 is 0 Å². The first-order chi connectivity index (χ1) is 13.8. The van der Waals surface area contributed by atoms with Gasteiger partial charge < -0.3 is 0 Å². The van der Waals surface area contributed by atoms with Crippen LogP contribution in [0.25, 0.3) is 0 Å². The lowest BCUT2D eigenvalue weighted by Gasteiger charge is -2.09. The third-order valence-corrected chi connectivity index (χ3v) is 5.18. The monoisotopic (exact) mass is 403 g/mol. The second-order valence-corrected chi connectivity index (χ2v) is 7.86. The molecule has 0 bridgehead atoms. The Morgan fingerprint density at radius 3 is 1.79 bits per heavy atom. The normalized spacial score (nSPS) is 12.4. The predicted molar refractivity (Wildman–Crippen MR) is 125 cm³/mol. The lowest BCUT2D eigenvalue weighted by Crippen LogP contribution is -2.05. The molecular weight excluding hydrogens is 378 g/mol. The van der Waals surface area contributed by atoms with Gasteiger partial charge in [0.1, 0.15) is 0 Å². The highest BCUT2D eigenvalue weighted by Crippen LogP contribution is 2.29. The molecule has 3 rings (SSSR count). The Balaban J connectivity index is 1.98. The summed E-state index contributed by atoms with van der Waals surface area (Å²) in [6, 6.07) is 16.0. The van der Waals surface area contributed by atoms with Gasteiger partial charge in [0.05, 0.1) is 39.2 Å². The quantitative estimate of drug-likeness (QED) is 0.422. The van der Waals surface area contributed by atoms with E-state index in [0.717, 1.165) is 39.7 Å². The van der Waals surface area contributed by atoms with E-state index in [1.165, 1.54) is 16.7 Å². The van der Waals surface area contributed by atoms with Crippen LogP contribution in [-0.2, 0) is 0 Å². The smallest absolute Gasteiger partial charge is 0.0849 e. The summed E-state index contributed by atoms with van der Waals surface area (Å²) < 4.78 is 0. The van der Waals surface area contributed by atoms with Crippen LogP contribution in [0.4, 0.5) is 11.4 Å². The summed E-state index contributed by atoms with van der Waals surface area (Å²) >= 11 is 6.33. The van der Waals surface area contributed by atoms with Crippen molar-refractivity contribution in [1.82, 2.24) is 4.98 Å². The first-order valence-corrected chi connectivity index (χ1v) is 10.1. The first kappa shape index (κ1) is 20.9. The van der Waals surface area contributed by atoms with E-state index in [-0.39, 0.29) is 0 Å². The van der Waals surface area contributed by atoms with Gasteiger partial charge in [-0.3, -0.25) is 4.99 Å². The van der Waals surface area contributed by atoms with Crippen molar-refractivity contribution in [3.63, 3.8) is 0 Å². The fourth-order valence-electron chi connectivity index (χ4n) is 3.40. The van der Waals surface area contributed by atoms with Crippen molar-refractivity contribution in [2.75, 3.05) is 0 Å².